The van der Waals surface area contributed by atoms with Crippen molar-refractivity contribution in [2.75, 3.05) is 13.1 Å². The second-order valence-corrected chi connectivity index (χ2v) is 4.15. The zero-order valence-corrected chi connectivity index (χ0v) is 10.2. The summed E-state index contributed by atoms with van der Waals surface area (Å²) in [5.41, 5.74) is 3.09. The number of halogens is 1. The Morgan fingerprint density at radius 1 is 1.20 bits per heavy atom. The standard InChI is InChI=1S/C13H19N.ClH/c1-2-3-9-14-10-8-12-6-4-5-7-13(12)11-14;/h4-7H,2-3,8-11H2,1H3;1H. The third kappa shape index (κ3) is 3.22. The highest BCUT2D eigenvalue weighted by molar-refractivity contribution is 5.85. The van der Waals surface area contributed by atoms with E-state index in [9.17, 15) is 0 Å². The second kappa shape index (κ2) is 6.14. The van der Waals surface area contributed by atoms with E-state index in [1.54, 1.807) is 5.56 Å². The Morgan fingerprint density at radius 2 is 1.93 bits per heavy atom. The summed E-state index contributed by atoms with van der Waals surface area (Å²) in [5.74, 6) is 0. The van der Waals surface area contributed by atoms with Gasteiger partial charge >= 0.3 is 0 Å². The molecule has 2 rings (SSSR count). The normalized spacial score (nSPS) is 15.5. The Labute approximate surface area is 98.9 Å². The lowest BCUT2D eigenvalue weighted by Crippen LogP contribution is -2.31. The fourth-order valence-electron chi connectivity index (χ4n) is 2.13. The third-order valence-electron chi connectivity index (χ3n) is 3.04. The summed E-state index contributed by atoms with van der Waals surface area (Å²) in [6.45, 7) is 5.94. The minimum Gasteiger partial charge on any atom is -0.299 e. The highest BCUT2D eigenvalue weighted by Gasteiger charge is 2.14. The predicted molar refractivity (Wildman–Crippen MR) is 67.6 cm³/mol. The van der Waals surface area contributed by atoms with Crippen molar-refractivity contribution in [1.82, 2.24) is 4.90 Å². The fourth-order valence-corrected chi connectivity index (χ4v) is 2.13. The number of nitrogens with zero attached hydrogens (tertiary/aromatic N) is 1. The lowest BCUT2D eigenvalue weighted by atomic mass is 10.00. The summed E-state index contributed by atoms with van der Waals surface area (Å²) in [6, 6.07) is 8.85. The maximum atomic E-state index is 2.58. The van der Waals surface area contributed by atoms with Gasteiger partial charge < -0.3 is 0 Å². The molecule has 0 radical (unpaired) electrons. The van der Waals surface area contributed by atoms with Gasteiger partial charge in [0.15, 0.2) is 0 Å². The molecule has 0 saturated heterocycles. The van der Waals surface area contributed by atoms with Gasteiger partial charge in [-0.25, -0.2) is 0 Å². The van der Waals surface area contributed by atoms with Crippen LogP contribution in [-0.2, 0) is 13.0 Å². The van der Waals surface area contributed by atoms with Gasteiger partial charge in [-0.1, -0.05) is 37.6 Å². The lowest BCUT2D eigenvalue weighted by Gasteiger charge is -2.28. The van der Waals surface area contributed by atoms with Gasteiger partial charge in [-0.2, -0.15) is 0 Å². The maximum Gasteiger partial charge on any atom is 0.0236 e. The molecule has 1 aliphatic rings. The first-order chi connectivity index (χ1) is 6.90. The molecule has 0 aliphatic carbocycles. The van der Waals surface area contributed by atoms with Crippen LogP contribution in [0.3, 0.4) is 0 Å². The van der Waals surface area contributed by atoms with Crippen LogP contribution < -0.4 is 0 Å². The van der Waals surface area contributed by atoms with Crippen molar-refractivity contribution in [3.8, 4) is 0 Å². The summed E-state index contributed by atoms with van der Waals surface area (Å²) in [4.78, 5) is 2.58. The average molecular weight is 226 g/mol. The highest BCUT2D eigenvalue weighted by Crippen LogP contribution is 2.18. The Balaban J connectivity index is 0.00000112. The predicted octanol–water partition coefficient (Wildman–Crippen LogP) is 3.27. The zero-order valence-electron chi connectivity index (χ0n) is 9.41. The van der Waals surface area contributed by atoms with Crippen LogP contribution in [0.4, 0.5) is 0 Å². The van der Waals surface area contributed by atoms with E-state index in [2.05, 4.69) is 36.1 Å². The van der Waals surface area contributed by atoms with Gasteiger partial charge in [-0.15, -0.1) is 12.4 Å². The lowest BCUT2D eigenvalue weighted by molar-refractivity contribution is 0.250. The first-order valence-corrected chi connectivity index (χ1v) is 5.69. The van der Waals surface area contributed by atoms with Crippen LogP contribution in [0.5, 0.6) is 0 Å². The van der Waals surface area contributed by atoms with E-state index in [1.165, 1.54) is 37.9 Å². The van der Waals surface area contributed by atoms with Crippen molar-refractivity contribution < 1.29 is 0 Å². The molecule has 1 heterocycles. The largest absolute Gasteiger partial charge is 0.299 e. The summed E-state index contributed by atoms with van der Waals surface area (Å²) >= 11 is 0. The first kappa shape index (κ1) is 12.5. The smallest absolute Gasteiger partial charge is 0.0236 e. The average Bonchev–Trinajstić information content (AvgIpc) is 2.26. The fraction of sp³-hybridized carbons (Fsp3) is 0.538. The number of hydrogen-bond donors (Lipinski definition) is 0. The number of benzene rings is 1. The summed E-state index contributed by atoms with van der Waals surface area (Å²) in [6.07, 6.45) is 3.88. The first-order valence-electron chi connectivity index (χ1n) is 5.69. The molecule has 15 heavy (non-hydrogen) atoms. The van der Waals surface area contributed by atoms with Gasteiger partial charge in [0.25, 0.3) is 0 Å². The molecule has 0 spiro atoms. The Kier molecular flexibility index (Phi) is 5.13. The van der Waals surface area contributed by atoms with Crippen molar-refractivity contribution in [3.63, 3.8) is 0 Å². The van der Waals surface area contributed by atoms with Crippen LogP contribution in [0.2, 0.25) is 0 Å². The molecule has 0 N–H and O–H groups in total. The molecular weight excluding hydrogens is 206 g/mol. The zero-order chi connectivity index (χ0) is 9.80. The molecule has 84 valence electrons. The molecule has 2 heteroatoms. The number of hydrogen-bond acceptors (Lipinski definition) is 1. The monoisotopic (exact) mass is 225 g/mol. The SMILES string of the molecule is CCCCN1CCc2ccccc2C1.Cl. The van der Waals surface area contributed by atoms with E-state index >= 15 is 0 Å². The van der Waals surface area contributed by atoms with E-state index in [0.717, 1.165) is 6.54 Å². The minimum atomic E-state index is 0. The molecule has 0 fully saturated rings. The van der Waals surface area contributed by atoms with Crippen LogP contribution in [0.1, 0.15) is 30.9 Å². The molecule has 1 aliphatic heterocycles. The second-order valence-electron chi connectivity index (χ2n) is 4.15. The molecule has 1 aromatic rings. The number of rotatable bonds is 3. The molecule has 0 saturated carbocycles. The van der Waals surface area contributed by atoms with Crippen LogP contribution in [0.25, 0.3) is 0 Å². The summed E-state index contributed by atoms with van der Waals surface area (Å²) in [7, 11) is 0. The Morgan fingerprint density at radius 3 is 2.67 bits per heavy atom. The topological polar surface area (TPSA) is 3.24 Å². The third-order valence-corrected chi connectivity index (χ3v) is 3.04. The molecule has 0 amide bonds. The molecule has 0 bridgehead atoms. The summed E-state index contributed by atoms with van der Waals surface area (Å²) in [5, 5.41) is 0. The van der Waals surface area contributed by atoms with E-state index in [0.29, 0.717) is 0 Å². The quantitative estimate of drug-likeness (QED) is 0.763. The molecule has 0 atom stereocenters. The van der Waals surface area contributed by atoms with Crippen molar-refractivity contribution in [2.24, 2.45) is 0 Å². The van der Waals surface area contributed by atoms with Crippen LogP contribution in [-0.4, -0.2) is 18.0 Å². The minimum absolute atomic E-state index is 0. The molecular formula is C13H20ClN. The Hall–Kier alpha value is -0.530. The van der Waals surface area contributed by atoms with E-state index < -0.39 is 0 Å². The van der Waals surface area contributed by atoms with Crippen molar-refractivity contribution >= 4 is 12.4 Å². The number of fused-ring (bicyclic) bond motifs is 1. The van der Waals surface area contributed by atoms with E-state index in [1.807, 2.05) is 0 Å². The summed E-state index contributed by atoms with van der Waals surface area (Å²) < 4.78 is 0. The Bertz CT molecular complexity index is 298. The van der Waals surface area contributed by atoms with Gasteiger partial charge in [0.2, 0.25) is 0 Å². The van der Waals surface area contributed by atoms with E-state index in [-0.39, 0.29) is 12.4 Å². The van der Waals surface area contributed by atoms with Crippen LogP contribution in [0, 0.1) is 0 Å². The van der Waals surface area contributed by atoms with Crippen molar-refractivity contribution in [1.29, 1.82) is 0 Å². The van der Waals surface area contributed by atoms with Crippen LogP contribution >= 0.6 is 12.4 Å². The molecule has 0 aromatic heterocycles. The highest BCUT2D eigenvalue weighted by atomic mass is 35.5. The van der Waals surface area contributed by atoms with Gasteiger partial charge in [0.1, 0.15) is 0 Å². The van der Waals surface area contributed by atoms with Crippen molar-refractivity contribution in [3.05, 3.63) is 35.4 Å². The molecule has 1 nitrogen and oxygen atoms in total. The molecule has 1 aromatic carbocycles. The van der Waals surface area contributed by atoms with Crippen molar-refractivity contribution in [2.45, 2.75) is 32.7 Å². The van der Waals surface area contributed by atoms with Crippen LogP contribution in [0.15, 0.2) is 24.3 Å². The maximum absolute atomic E-state index is 2.58. The van der Waals surface area contributed by atoms with Gasteiger partial charge in [0.05, 0.1) is 0 Å². The molecule has 0 unspecified atom stereocenters. The van der Waals surface area contributed by atoms with Gasteiger partial charge in [-0.05, 0) is 30.5 Å². The van der Waals surface area contributed by atoms with Gasteiger partial charge in [0, 0.05) is 13.1 Å². The number of unbranched alkanes of at least 4 members (excludes halogenated alkanes) is 1. The van der Waals surface area contributed by atoms with E-state index in [4.69, 9.17) is 0 Å². The van der Waals surface area contributed by atoms with Gasteiger partial charge in [-0.3, -0.25) is 4.90 Å².